The van der Waals surface area contributed by atoms with Crippen LogP contribution in [0.15, 0.2) is 54.1 Å². The SMILES string of the molecule is CCOc1cc(C=C(C#N)C(=O)Nc2nnc(C(C)C)s2)ccc1OCCOc1ccccc1. The van der Waals surface area contributed by atoms with Crippen LogP contribution < -0.4 is 19.5 Å². The Balaban J connectivity index is 1.66. The van der Waals surface area contributed by atoms with Gasteiger partial charge in [-0.2, -0.15) is 5.26 Å². The molecule has 1 N–H and O–H groups in total. The van der Waals surface area contributed by atoms with Crippen LogP contribution >= 0.6 is 11.3 Å². The molecule has 0 saturated carbocycles. The molecule has 0 spiro atoms. The molecule has 0 fully saturated rings. The van der Waals surface area contributed by atoms with Crippen molar-refractivity contribution in [2.45, 2.75) is 26.7 Å². The van der Waals surface area contributed by atoms with E-state index < -0.39 is 5.91 Å². The molecule has 176 valence electrons. The van der Waals surface area contributed by atoms with Crippen molar-refractivity contribution in [3.8, 4) is 23.3 Å². The van der Waals surface area contributed by atoms with Crippen LogP contribution in [0.2, 0.25) is 0 Å². The molecule has 0 radical (unpaired) electrons. The summed E-state index contributed by atoms with van der Waals surface area (Å²) in [5, 5.41) is 21.3. The summed E-state index contributed by atoms with van der Waals surface area (Å²) in [4.78, 5) is 12.6. The smallest absolute Gasteiger partial charge is 0.268 e. The highest BCUT2D eigenvalue weighted by Gasteiger charge is 2.15. The Morgan fingerprint density at radius 3 is 2.53 bits per heavy atom. The number of carbonyl (C=O) groups is 1. The van der Waals surface area contributed by atoms with Crippen LogP contribution in [0, 0.1) is 11.3 Å². The first kappa shape index (κ1) is 24.7. The zero-order valence-corrected chi connectivity index (χ0v) is 20.1. The van der Waals surface area contributed by atoms with E-state index in [2.05, 4.69) is 15.5 Å². The van der Waals surface area contributed by atoms with Crippen LogP contribution in [0.5, 0.6) is 17.2 Å². The Kier molecular flexibility index (Phi) is 9.00. The van der Waals surface area contributed by atoms with Crippen molar-refractivity contribution >= 4 is 28.5 Å². The second-order valence-corrected chi connectivity index (χ2v) is 8.38. The molecule has 2 aromatic carbocycles. The van der Waals surface area contributed by atoms with E-state index in [4.69, 9.17) is 14.2 Å². The van der Waals surface area contributed by atoms with E-state index in [1.165, 1.54) is 17.4 Å². The third-order valence-electron chi connectivity index (χ3n) is 4.45. The number of para-hydroxylation sites is 1. The zero-order chi connectivity index (χ0) is 24.3. The second kappa shape index (κ2) is 12.4. The minimum Gasteiger partial charge on any atom is -0.490 e. The molecule has 1 aromatic heterocycles. The minimum atomic E-state index is -0.551. The van der Waals surface area contributed by atoms with Crippen LogP contribution in [-0.2, 0) is 4.79 Å². The van der Waals surface area contributed by atoms with Crippen molar-refractivity contribution in [2.24, 2.45) is 0 Å². The number of nitriles is 1. The number of nitrogens with zero attached hydrogens (tertiary/aromatic N) is 3. The number of hydrogen-bond donors (Lipinski definition) is 1. The van der Waals surface area contributed by atoms with Gasteiger partial charge in [-0.05, 0) is 42.8 Å². The maximum absolute atomic E-state index is 12.6. The lowest BCUT2D eigenvalue weighted by Crippen LogP contribution is -2.13. The second-order valence-electron chi connectivity index (χ2n) is 7.37. The fourth-order valence-electron chi connectivity index (χ4n) is 2.83. The fourth-order valence-corrected chi connectivity index (χ4v) is 3.57. The first-order valence-electron chi connectivity index (χ1n) is 10.8. The van der Waals surface area contributed by atoms with Crippen molar-refractivity contribution < 1.29 is 19.0 Å². The van der Waals surface area contributed by atoms with E-state index in [9.17, 15) is 10.1 Å². The Morgan fingerprint density at radius 2 is 1.85 bits per heavy atom. The van der Waals surface area contributed by atoms with Gasteiger partial charge in [-0.1, -0.05) is 49.4 Å². The molecule has 3 rings (SSSR count). The van der Waals surface area contributed by atoms with Crippen molar-refractivity contribution in [1.82, 2.24) is 10.2 Å². The van der Waals surface area contributed by atoms with Gasteiger partial charge >= 0.3 is 0 Å². The van der Waals surface area contributed by atoms with E-state index in [0.29, 0.717) is 42.0 Å². The number of hydrogen-bond acceptors (Lipinski definition) is 8. The van der Waals surface area contributed by atoms with E-state index in [0.717, 1.165) is 10.8 Å². The van der Waals surface area contributed by atoms with Crippen LogP contribution in [0.3, 0.4) is 0 Å². The molecule has 0 saturated heterocycles. The number of rotatable bonds is 11. The number of carbonyl (C=O) groups excluding carboxylic acids is 1. The van der Waals surface area contributed by atoms with Gasteiger partial charge in [0, 0.05) is 5.92 Å². The molecule has 1 heterocycles. The van der Waals surface area contributed by atoms with Crippen LogP contribution in [0.4, 0.5) is 5.13 Å². The van der Waals surface area contributed by atoms with Crippen LogP contribution in [0.1, 0.15) is 37.3 Å². The van der Waals surface area contributed by atoms with Gasteiger partial charge in [0.2, 0.25) is 5.13 Å². The number of aromatic nitrogens is 2. The third kappa shape index (κ3) is 7.05. The summed E-state index contributed by atoms with van der Waals surface area (Å²) in [6.07, 6.45) is 1.49. The van der Waals surface area contributed by atoms with Gasteiger partial charge in [0.25, 0.3) is 5.91 Å². The average Bonchev–Trinajstić information content (AvgIpc) is 3.31. The first-order valence-corrected chi connectivity index (χ1v) is 11.7. The number of amides is 1. The van der Waals surface area contributed by atoms with Gasteiger partial charge in [-0.15, -0.1) is 10.2 Å². The average molecular weight is 479 g/mol. The molecule has 9 heteroatoms. The standard InChI is InChI=1S/C25H26N4O4S/c1-4-31-22-15-18(10-11-21(22)33-13-12-32-20-8-6-5-7-9-20)14-19(16-26)23(30)27-25-29-28-24(34-25)17(2)3/h5-11,14-15,17H,4,12-13H2,1-3H3,(H,27,29,30). The predicted octanol–water partition coefficient (Wildman–Crippen LogP) is 5.06. The summed E-state index contributed by atoms with van der Waals surface area (Å²) in [5.74, 6) is 1.49. The Labute approximate surface area is 202 Å². The van der Waals surface area contributed by atoms with Gasteiger partial charge in [0.15, 0.2) is 11.5 Å². The van der Waals surface area contributed by atoms with Crippen molar-refractivity contribution in [3.63, 3.8) is 0 Å². The van der Waals surface area contributed by atoms with Gasteiger partial charge in [-0.3, -0.25) is 10.1 Å². The Morgan fingerprint density at radius 1 is 1.09 bits per heavy atom. The van der Waals surface area contributed by atoms with Crippen molar-refractivity contribution in [1.29, 1.82) is 5.26 Å². The molecule has 0 bridgehead atoms. The maximum Gasteiger partial charge on any atom is 0.268 e. The van der Waals surface area contributed by atoms with E-state index in [1.807, 2.05) is 57.2 Å². The normalized spacial score (nSPS) is 11.1. The molecular weight excluding hydrogens is 452 g/mol. The number of benzene rings is 2. The summed E-state index contributed by atoms with van der Waals surface area (Å²) in [7, 11) is 0. The third-order valence-corrected chi connectivity index (χ3v) is 5.59. The highest BCUT2D eigenvalue weighted by molar-refractivity contribution is 7.15. The molecule has 0 aliphatic heterocycles. The van der Waals surface area contributed by atoms with Gasteiger partial charge in [0.05, 0.1) is 6.61 Å². The van der Waals surface area contributed by atoms with Crippen LogP contribution in [-0.4, -0.2) is 35.9 Å². The van der Waals surface area contributed by atoms with Gasteiger partial charge in [0.1, 0.15) is 35.6 Å². The fraction of sp³-hybridized carbons (Fsp3) is 0.280. The summed E-state index contributed by atoms with van der Waals surface area (Å²) in [5.41, 5.74) is 0.567. The molecule has 0 aliphatic rings. The summed E-state index contributed by atoms with van der Waals surface area (Å²) in [6.45, 7) is 6.99. The summed E-state index contributed by atoms with van der Waals surface area (Å²) < 4.78 is 17.2. The molecule has 0 aliphatic carbocycles. The topological polar surface area (TPSA) is 106 Å². The minimum absolute atomic E-state index is 0.0614. The molecule has 8 nitrogen and oxygen atoms in total. The molecule has 3 aromatic rings. The number of ether oxygens (including phenoxy) is 3. The van der Waals surface area contributed by atoms with Gasteiger partial charge < -0.3 is 14.2 Å². The lowest BCUT2D eigenvalue weighted by Gasteiger charge is -2.13. The Hall–Kier alpha value is -3.90. The molecule has 34 heavy (non-hydrogen) atoms. The van der Waals surface area contributed by atoms with E-state index in [-0.39, 0.29) is 11.5 Å². The largest absolute Gasteiger partial charge is 0.490 e. The van der Waals surface area contributed by atoms with Gasteiger partial charge in [-0.25, -0.2) is 0 Å². The molecule has 0 atom stereocenters. The highest BCUT2D eigenvalue weighted by atomic mass is 32.1. The van der Waals surface area contributed by atoms with Crippen LogP contribution in [0.25, 0.3) is 6.08 Å². The molecular formula is C25H26N4O4S. The quantitative estimate of drug-likeness (QED) is 0.233. The predicted molar refractivity (Wildman–Crippen MR) is 131 cm³/mol. The van der Waals surface area contributed by atoms with E-state index >= 15 is 0 Å². The monoisotopic (exact) mass is 478 g/mol. The van der Waals surface area contributed by atoms with Crippen molar-refractivity contribution in [2.75, 3.05) is 25.1 Å². The lowest BCUT2D eigenvalue weighted by atomic mass is 10.1. The van der Waals surface area contributed by atoms with Crippen molar-refractivity contribution in [3.05, 3.63) is 64.7 Å². The number of anilines is 1. The number of nitrogens with one attached hydrogen (secondary N) is 1. The first-order chi connectivity index (χ1) is 16.5. The molecule has 0 unspecified atom stereocenters. The molecule has 1 amide bonds. The summed E-state index contributed by atoms with van der Waals surface area (Å²) >= 11 is 1.28. The van der Waals surface area contributed by atoms with E-state index in [1.54, 1.807) is 18.2 Å². The zero-order valence-electron chi connectivity index (χ0n) is 19.3. The lowest BCUT2D eigenvalue weighted by molar-refractivity contribution is -0.112. The summed E-state index contributed by atoms with van der Waals surface area (Å²) in [6, 6.07) is 16.7. The highest BCUT2D eigenvalue weighted by Crippen LogP contribution is 2.30. The maximum atomic E-state index is 12.6. The Bertz CT molecular complexity index is 1170.